The largest absolute Gasteiger partial charge is 0.465 e. The standard InChI is InChI=1S/C48H90N8O4/c1-3-5-7-9-11-13-15-17-19-21-24-33-50-43-45(51-49)31-41-59-47(57)29-39-55(37-28-36-54-34-25-23-26-35-54)40-30-48(58)60-42-32-46-44-56(53-52-46)38-27-22-20-18-16-14-12-10-8-6-4-2/h43-44H,3-42,49H2,1-2H3/b50-43?,51-45-. The number of aliphatic imine (C=N–C) groups is 1. The molecule has 0 aromatic carbocycles. The number of nitrogens with zero attached hydrogens (tertiary/aromatic N) is 7. The molecule has 1 fully saturated rings. The van der Waals surface area contributed by atoms with Gasteiger partial charge in [0.05, 0.1) is 37.5 Å². The van der Waals surface area contributed by atoms with Gasteiger partial charge in [0.1, 0.15) is 0 Å². The summed E-state index contributed by atoms with van der Waals surface area (Å²) in [4.78, 5) is 34.7. The Morgan fingerprint density at radius 3 is 1.77 bits per heavy atom. The zero-order valence-corrected chi connectivity index (χ0v) is 38.8. The Morgan fingerprint density at radius 2 is 1.20 bits per heavy atom. The van der Waals surface area contributed by atoms with Crippen molar-refractivity contribution in [2.24, 2.45) is 15.9 Å². The minimum atomic E-state index is -0.260. The maximum absolute atomic E-state index is 12.8. The van der Waals surface area contributed by atoms with E-state index in [0.29, 0.717) is 31.6 Å². The first-order chi connectivity index (χ1) is 29.5. The molecule has 2 N–H and O–H groups in total. The molecule has 346 valence electrons. The molecule has 0 atom stereocenters. The second kappa shape index (κ2) is 39.0. The highest BCUT2D eigenvalue weighted by molar-refractivity contribution is 6.30. The van der Waals surface area contributed by atoms with Crippen LogP contribution < -0.4 is 5.84 Å². The van der Waals surface area contributed by atoms with Crippen molar-refractivity contribution in [2.45, 2.75) is 213 Å². The Kier molecular flexibility index (Phi) is 34.6. The van der Waals surface area contributed by atoms with Crippen LogP contribution in [0.3, 0.4) is 0 Å². The van der Waals surface area contributed by atoms with Gasteiger partial charge in [-0.2, -0.15) is 5.10 Å². The summed E-state index contributed by atoms with van der Waals surface area (Å²) in [7, 11) is 0. The molecule has 1 aromatic rings. The maximum Gasteiger partial charge on any atom is 0.307 e. The van der Waals surface area contributed by atoms with Gasteiger partial charge in [-0.3, -0.25) is 19.3 Å². The van der Waals surface area contributed by atoms with Crippen LogP contribution in [0.2, 0.25) is 0 Å². The first-order valence-electron chi connectivity index (χ1n) is 25.0. The zero-order chi connectivity index (χ0) is 43.0. The van der Waals surface area contributed by atoms with E-state index in [1.165, 1.54) is 148 Å². The number of aromatic nitrogens is 3. The molecule has 0 unspecified atom stereocenters. The Morgan fingerprint density at radius 1 is 0.667 bits per heavy atom. The van der Waals surface area contributed by atoms with E-state index in [4.69, 9.17) is 15.3 Å². The van der Waals surface area contributed by atoms with Crippen molar-refractivity contribution in [1.29, 1.82) is 0 Å². The third kappa shape index (κ3) is 31.1. The van der Waals surface area contributed by atoms with Gasteiger partial charge in [0, 0.05) is 51.4 Å². The number of rotatable bonds is 41. The van der Waals surface area contributed by atoms with E-state index in [0.717, 1.165) is 64.2 Å². The van der Waals surface area contributed by atoms with Gasteiger partial charge in [0.25, 0.3) is 0 Å². The SMILES string of the molecule is CCCCCCCCCCCCCN=C/C(CCOC(=O)CCN(CCCN1CCCCC1)CCC(=O)OCCc1cn(CCCCCCCCCCCCC)nn1)=N\N. The number of aryl methyl sites for hydroxylation is 1. The molecule has 0 aliphatic carbocycles. The number of piperidine rings is 1. The lowest BCUT2D eigenvalue weighted by molar-refractivity contribution is -0.144. The molecule has 2 rings (SSSR count). The van der Waals surface area contributed by atoms with E-state index >= 15 is 0 Å². The van der Waals surface area contributed by atoms with Gasteiger partial charge in [-0.25, -0.2) is 0 Å². The molecule has 0 amide bonds. The van der Waals surface area contributed by atoms with Gasteiger partial charge in [0.15, 0.2) is 0 Å². The highest BCUT2D eigenvalue weighted by Crippen LogP contribution is 2.14. The van der Waals surface area contributed by atoms with Crippen LogP contribution >= 0.6 is 0 Å². The average molecular weight is 843 g/mol. The normalized spacial score (nSPS) is 13.8. The van der Waals surface area contributed by atoms with E-state index in [-0.39, 0.29) is 38.0 Å². The summed E-state index contributed by atoms with van der Waals surface area (Å²) in [5.41, 5.74) is 1.48. The monoisotopic (exact) mass is 843 g/mol. The first kappa shape index (κ1) is 53.3. The molecule has 1 aliphatic rings. The Hall–Kier alpha value is -2.86. The quantitative estimate of drug-likeness (QED) is 0.0224. The first-order valence-corrected chi connectivity index (χ1v) is 25.0. The van der Waals surface area contributed by atoms with Crippen LogP contribution in [-0.2, 0) is 32.0 Å². The summed E-state index contributed by atoms with van der Waals surface area (Å²) < 4.78 is 13.1. The van der Waals surface area contributed by atoms with Crippen LogP contribution in [0.4, 0.5) is 0 Å². The molecule has 1 aromatic heterocycles. The molecular weight excluding hydrogens is 753 g/mol. The van der Waals surface area contributed by atoms with Crippen molar-refractivity contribution < 1.29 is 19.1 Å². The van der Waals surface area contributed by atoms with Gasteiger partial charge < -0.3 is 25.1 Å². The van der Waals surface area contributed by atoms with Crippen molar-refractivity contribution in [3.63, 3.8) is 0 Å². The van der Waals surface area contributed by atoms with E-state index < -0.39 is 0 Å². The highest BCUT2D eigenvalue weighted by atomic mass is 16.5. The van der Waals surface area contributed by atoms with Crippen molar-refractivity contribution in [3.05, 3.63) is 11.9 Å². The predicted octanol–water partition coefficient (Wildman–Crippen LogP) is 10.3. The number of hydrogen-bond donors (Lipinski definition) is 1. The predicted molar refractivity (Wildman–Crippen MR) is 249 cm³/mol. The van der Waals surface area contributed by atoms with Crippen LogP contribution in [-0.4, -0.2) is 108 Å². The number of carbonyl (C=O) groups is 2. The number of ether oxygens (including phenoxy) is 2. The van der Waals surface area contributed by atoms with Crippen molar-refractivity contribution in [2.75, 3.05) is 59.0 Å². The third-order valence-corrected chi connectivity index (χ3v) is 11.8. The minimum Gasteiger partial charge on any atom is -0.465 e. The third-order valence-electron chi connectivity index (χ3n) is 11.8. The summed E-state index contributed by atoms with van der Waals surface area (Å²) in [6, 6.07) is 0. The number of carbonyl (C=O) groups excluding carboxylic acids is 2. The zero-order valence-electron chi connectivity index (χ0n) is 38.8. The number of hydrogen-bond acceptors (Lipinski definition) is 11. The van der Waals surface area contributed by atoms with E-state index in [2.05, 4.69) is 44.1 Å². The lowest BCUT2D eigenvalue weighted by atomic mass is 10.1. The van der Waals surface area contributed by atoms with Gasteiger partial charge in [-0.15, -0.1) is 5.10 Å². The molecule has 0 bridgehead atoms. The molecule has 60 heavy (non-hydrogen) atoms. The number of hydrazone groups is 1. The average Bonchev–Trinajstić information content (AvgIpc) is 3.72. The van der Waals surface area contributed by atoms with Gasteiger partial charge >= 0.3 is 11.9 Å². The fourth-order valence-corrected chi connectivity index (χ4v) is 7.92. The summed E-state index contributed by atoms with van der Waals surface area (Å²) in [5, 5.41) is 12.4. The summed E-state index contributed by atoms with van der Waals surface area (Å²) in [5.74, 6) is 5.11. The van der Waals surface area contributed by atoms with Crippen molar-refractivity contribution in [3.8, 4) is 0 Å². The van der Waals surface area contributed by atoms with Crippen molar-refractivity contribution in [1.82, 2.24) is 24.8 Å². The molecule has 12 heteroatoms. The Bertz CT molecular complexity index is 1220. The van der Waals surface area contributed by atoms with E-state index in [1.54, 1.807) is 6.21 Å². The Labute approximate surface area is 366 Å². The molecular formula is C48H90N8O4. The number of likely N-dealkylation sites (tertiary alicyclic amines) is 1. The summed E-state index contributed by atoms with van der Waals surface area (Å²) in [6.45, 7) is 11.9. The van der Waals surface area contributed by atoms with E-state index in [1.807, 2.05) is 10.9 Å². The molecule has 12 nitrogen and oxygen atoms in total. The molecule has 2 heterocycles. The van der Waals surface area contributed by atoms with Gasteiger partial charge in [-0.1, -0.05) is 154 Å². The smallest absolute Gasteiger partial charge is 0.307 e. The highest BCUT2D eigenvalue weighted by Gasteiger charge is 2.15. The molecule has 1 aliphatic heterocycles. The molecule has 0 spiro atoms. The fourth-order valence-electron chi connectivity index (χ4n) is 7.92. The lowest BCUT2D eigenvalue weighted by Gasteiger charge is -2.28. The molecule has 1 saturated heterocycles. The van der Waals surface area contributed by atoms with Gasteiger partial charge in [-0.05, 0) is 58.3 Å². The van der Waals surface area contributed by atoms with Crippen LogP contribution in [0.5, 0.6) is 0 Å². The van der Waals surface area contributed by atoms with Gasteiger partial charge in [0.2, 0.25) is 0 Å². The van der Waals surface area contributed by atoms with Crippen molar-refractivity contribution >= 4 is 23.9 Å². The van der Waals surface area contributed by atoms with Crippen LogP contribution in [0.25, 0.3) is 0 Å². The Balaban J connectivity index is 1.60. The second-order valence-corrected chi connectivity index (χ2v) is 17.2. The topological polar surface area (TPSA) is 141 Å². The van der Waals surface area contributed by atoms with Crippen LogP contribution in [0.1, 0.15) is 206 Å². The fraction of sp³-hybridized carbons (Fsp3) is 0.875. The molecule has 0 radical (unpaired) electrons. The number of esters is 2. The second-order valence-electron chi connectivity index (χ2n) is 17.2. The van der Waals surface area contributed by atoms with Crippen LogP contribution in [0, 0.1) is 0 Å². The maximum atomic E-state index is 12.8. The summed E-state index contributed by atoms with van der Waals surface area (Å²) in [6.07, 6.45) is 39.0. The van der Waals surface area contributed by atoms with Crippen LogP contribution in [0.15, 0.2) is 16.3 Å². The lowest BCUT2D eigenvalue weighted by Crippen LogP contribution is -2.35. The molecule has 0 saturated carbocycles. The minimum absolute atomic E-state index is 0.216. The summed E-state index contributed by atoms with van der Waals surface area (Å²) >= 11 is 0. The van der Waals surface area contributed by atoms with E-state index in [9.17, 15) is 9.59 Å². The number of unbranched alkanes of at least 4 members (excludes halogenated alkanes) is 20. The number of nitrogens with two attached hydrogens (primary N) is 1.